The summed E-state index contributed by atoms with van der Waals surface area (Å²) in [6.07, 6.45) is 1.70. The first-order chi connectivity index (χ1) is 9.95. The van der Waals surface area contributed by atoms with Crippen molar-refractivity contribution in [3.63, 3.8) is 0 Å². The minimum Gasteiger partial charge on any atom is -0.434 e. The van der Waals surface area contributed by atoms with E-state index in [0.29, 0.717) is 4.47 Å². The first-order valence-electron chi connectivity index (χ1n) is 6.69. The number of nitrogens with zero attached hydrogens (tertiary/aromatic N) is 1. The molecule has 1 heterocycles. The molecule has 0 atom stereocenters. The first kappa shape index (κ1) is 16.2. The van der Waals surface area contributed by atoms with Crippen molar-refractivity contribution in [1.29, 1.82) is 0 Å². The highest BCUT2D eigenvalue weighted by molar-refractivity contribution is 9.10. The lowest BCUT2D eigenvalue weighted by Gasteiger charge is -2.29. The van der Waals surface area contributed by atoms with Gasteiger partial charge in [-0.1, -0.05) is 15.9 Å². The molecule has 4 nitrogen and oxygen atoms in total. The zero-order valence-electron chi connectivity index (χ0n) is 11.6. The molecule has 0 aliphatic carbocycles. The number of piperidine rings is 1. The van der Waals surface area contributed by atoms with E-state index in [-0.39, 0.29) is 23.3 Å². The van der Waals surface area contributed by atoms with E-state index in [2.05, 4.69) is 30.9 Å². The molecule has 1 N–H and O–H groups in total. The van der Waals surface area contributed by atoms with E-state index in [0.717, 1.165) is 25.9 Å². The Balaban J connectivity index is 2.07. The Bertz CT molecular complexity index is 506. The van der Waals surface area contributed by atoms with Crippen LogP contribution in [0.4, 0.5) is 8.78 Å². The molecule has 116 valence electrons. The van der Waals surface area contributed by atoms with E-state index in [4.69, 9.17) is 0 Å². The molecular weight excluding hydrogens is 346 g/mol. The number of carbonyl (C=O) groups is 1. The van der Waals surface area contributed by atoms with Crippen molar-refractivity contribution in [3.8, 4) is 5.75 Å². The normalized spacial score (nSPS) is 17.0. The maximum atomic E-state index is 12.4. The Morgan fingerprint density at radius 2 is 2.10 bits per heavy atom. The van der Waals surface area contributed by atoms with Crippen molar-refractivity contribution in [2.24, 2.45) is 0 Å². The van der Waals surface area contributed by atoms with E-state index in [9.17, 15) is 13.6 Å². The smallest absolute Gasteiger partial charge is 0.387 e. The number of nitrogens with one attached hydrogen (secondary N) is 1. The number of hydrogen-bond donors (Lipinski definition) is 1. The molecule has 1 aromatic carbocycles. The first-order valence-corrected chi connectivity index (χ1v) is 7.49. The molecule has 0 aromatic heterocycles. The molecule has 21 heavy (non-hydrogen) atoms. The van der Waals surface area contributed by atoms with Crippen LogP contribution in [0.3, 0.4) is 0 Å². The van der Waals surface area contributed by atoms with Crippen molar-refractivity contribution in [3.05, 3.63) is 28.2 Å². The number of ether oxygens (including phenoxy) is 1. The van der Waals surface area contributed by atoms with Gasteiger partial charge < -0.3 is 15.0 Å². The number of halogens is 3. The number of rotatable bonds is 4. The molecule has 0 saturated carbocycles. The van der Waals surface area contributed by atoms with Crippen molar-refractivity contribution < 1.29 is 18.3 Å². The van der Waals surface area contributed by atoms with Crippen LogP contribution in [-0.4, -0.2) is 43.6 Å². The lowest BCUT2D eigenvalue weighted by molar-refractivity contribution is -0.0502. The van der Waals surface area contributed by atoms with Crippen LogP contribution < -0.4 is 10.1 Å². The summed E-state index contributed by atoms with van der Waals surface area (Å²) < 4.78 is 29.8. The van der Waals surface area contributed by atoms with Gasteiger partial charge in [0, 0.05) is 10.5 Å². The van der Waals surface area contributed by atoms with Crippen molar-refractivity contribution in [2.45, 2.75) is 25.5 Å². The molecule has 1 aliphatic heterocycles. The largest absolute Gasteiger partial charge is 0.434 e. The van der Waals surface area contributed by atoms with E-state index in [1.165, 1.54) is 12.1 Å². The van der Waals surface area contributed by atoms with Crippen LogP contribution in [0.2, 0.25) is 0 Å². The number of amides is 1. The molecular formula is C14H17BrF2N2O2. The summed E-state index contributed by atoms with van der Waals surface area (Å²) in [5.41, 5.74) is 0.123. The molecule has 1 saturated heterocycles. The minimum atomic E-state index is -2.96. The fourth-order valence-electron chi connectivity index (χ4n) is 2.29. The Kier molecular flexibility index (Phi) is 5.52. The average molecular weight is 363 g/mol. The maximum Gasteiger partial charge on any atom is 0.387 e. The highest BCUT2D eigenvalue weighted by Gasteiger charge is 2.22. The SMILES string of the molecule is CN1CCC(NC(=O)c2ccc(Br)cc2OC(F)F)CC1. The summed E-state index contributed by atoms with van der Waals surface area (Å²) in [4.78, 5) is 14.4. The number of likely N-dealkylation sites (tertiary alicyclic amines) is 1. The van der Waals surface area contributed by atoms with Crippen LogP contribution in [0.5, 0.6) is 5.75 Å². The second kappa shape index (κ2) is 7.17. The van der Waals surface area contributed by atoms with Crippen LogP contribution in [0.1, 0.15) is 23.2 Å². The summed E-state index contributed by atoms with van der Waals surface area (Å²) in [7, 11) is 2.03. The quantitative estimate of drug-likeness (QED) is 0.895. The van der Waals surface area contributed by atoms with Gasteiger partial charge in [-0.05, 0) is 51.2 Å². The third-order valence-electron chi connectivity index (χ3n) is 3.46. The van der Waals surface area contributed by atoms with Gasteiger partial charge in [-0.25, -0.2) is 0 Å². The van der Waals surface area contributed by atoms with E-state index in [1.54, 1.807) is 6.07 Å². The molecule has 7 heteroatoms. The lowest BCUT2D eigenvalue weighted by atomic mass is 10.0. The topological polar surface area (TPSA) is 41.6 Å². The van der Waals surface area contributed by atoms with Gasteiger partial charge in [0.25, 0.3) is 5.91 Å². The van der Waals surface area contributed by atoms with Crippen LogP contribution in [0, 0.1) is 0 Å². The van der Waals surface area contributed by atoms with Gasteiger partial charge in [-0.15, -0.1) is 0 Å². The van der Waals surface area contributed by atoms with Crippen LogP contribution in [0.25, 0.3) is 0 Å². The molecule has 1 aliphatic rings. The van der Waals surface area contributed by atoms with E-state index in [1.807, 2.05) is 7.05 Å². The van der Waals surface area contributed by atoms with Crippen molar-refractivity contribution in [2.75, 3.05) is 20.1 Å². The molecule has 0 radical (unpaired) electrons. The summed E-state index contributed by atoms with van der Waals surface area (Å²) in [6.45, 7) is -1.15. The average Bonchev–Trinajstić information content (AvgIpc) is 2.40. The second-order valence-electron chi connectivity index (χ2n) is 5.07. The molecule has 1 aromatic rings. The minimum absolute atomic E-state index is 0.0664. The number of hydrogen-bond acceptors (Lipinski definition) is 3. The van der Waals surface area contributed by atoms with Crippen molar-refractivity contribution in [1.82, 2.24) is 10.2 Å². The predicted molar refractivity (Wildman–Crippen MR) is 78.8 cm³/mol. The summed E-state index contributed by atoms with van der Waals surface area (Å²) >= 11 is 3.18. The molecule has 1 fully saturated rings. The van der Waals surface area contributed by atoms with Gasteiger partial charge in [0.2, 0.25) is 0 Å². The molecule has 0 unspecified atom stereocenters. The van der Waals surface area contributed by atoms with Crippen LogP contribution in [0.15, 0.2) is 22.7 Å². The zero-order valence-corrected chi connectivity index (χ0v) is 13.2. The van der Waals surface area contributed by atoms with Crippen LogP contribution in [-0.2, 0) is 0 Å². The molecule has 0 spiro atoms. The van der Waals surface area contributed by atoms with Gasteiger partial charge >= 0.3 is 6.61 Å². The lowest BCUT2D eigenvalue weighted by Crippen LogP contribution is -2.43. The number of carbonyl (C=O) groups excluding carboxylic acids is 1. The zero-order chi connectivity index (χ0) is 15.4. The Labute approximate surface area is 130 Å². The van der Waals surface area contributed by atoms with E-state index >= 15 is 0 Å². The third-order valence-corrected chi connectivity index (χ3v) is 3.95. The predicted octanol–water partition coefficient (Wildman–Crippen LogP) is 2.87. The Morgan fingerprint density at radius 1 is 1.43 bits per heavy atom. The number of alkyl halides is 2. The van der Waals surface area contributed by atoms with Crippen molar-refractivity contribution >= 4 is 21.8 Å². The fraction of sp³-hybridized carbons (Fsp3) is 0.500. The molecule has 1 amide bonds. The Morgan fingerprint density at radius 3 is 2.71 bits per heavy atom. The summed E-state index contributed by atoms with van der Waals surface area (Å²) in [5, 5.41) is 2.88. The van der Waals surface area contributed by atoms with Gasteiger partial charge in [0.15, 0.2) is 0 Å². The third kappa shape index (κ3) is 4.64. The maximum absolute atomic E-state index is 12.4. The molecule has 0 bridgehead atoms. The summed E-state index contributed by atoms with van der Waals surface area (Å²) in [6, 6.07) is 4.54. The van der Waals surface area contributed by atoms with Gasteiger partial charge in [-0.2, -0.15) is 8.78 Å². The molecule has 2 rings (SSSR count). The highest BCUT2D eigenvalue weighted by Crippen LogP contribution is 2.25. The second-order valence-corrected chi connectivity index (χ2v) is 5.99. The monoisotopic (exact) mass is 362 g/mol. The highest BCUT2D eigenvalue weighted by atomic mass is 79.9. The van der Waals surface area contributed by atoms with Gasteiger partial charge in [-0.3, -0.25) is 4.79 Å². The van der Waals surface area contributed by atoms with Crippen LogP contribution >= 0.6 is 15.9 Å². The van der Waals surface area contributed by atoms with E-state index < -0.39 is 6.61 Å². The van der Waals surface area contributed by atoms with Gasteiger partial charge in [0.1, 0.15) is 5.75 Å². The Hall–Kier alpha value is -1.21. The number of benzene rings is 1. The fourth-order valence-corrected chi connectivity index (χ4v) is 2.63. The standard InChI is InChI=1S/C14H17BrF2N2O2/c1-19-6-4-10(5-7-19)18-13(20)11-3-2-9(15)8-12(11)21-14(16)17/h2-3,8,10,14H,4-7H2,1H3,(H,18,20). The van der Waals surface area contributed by atoms with Gasteiger partial charge in [0.05, 0.1) is 5.56 Å². The summed E-state index contributed by atoms with van der Waals surface area (Å²) in [5.74, 6) is -0.502.